The summed E-state index contributed by atoms with van der Waals surface area (Å²) in [6.07, 6.45) is 2.20. The lowest BCUT2D eigenvalue weighted by atomic mass is 10.1. The number of carbonyl (C=O) groups excluding carboxylic acids is 1. The van der Waals surface area contributed by atoms with Crippen LogP contribution < -0.4 is 16.4 Å². The van der Waals surface area contributed by atoms with E-state index in [1.54, 1.807) is 47.2 Å². The van der Waals surface area contributed by atoms with E-state index in [1.165, 1.54) is 28.3 Å². The molecule has 12 heteroatoms. The fraction of sp³-hybridized carbons (Fsp3) is 0.103. The molecule has 0 aliphatic heterocycles. The average Bonchev–Trinajstić information content (AvgIpc) is 3.44. The van der Waals surface area contributed by atoms with Crippen LogP contribution in [0.25, 0.3) is 16.7 Å². The molecule has 0 saturated heterocycles. The lowest BCUT2D eigenvalue weighted by molar-refractivity contribution is 0.102. The van der Waals surface area contributed by atoms with Crippen molar-refractivity contribution in [3.8, 4) is 0 Å². The van der Waals surface area contributed by atoms with Gasteiger partial charge in [-0.1, -0.05) is 77.7 Å². The molecule has 0 aliphatic carbocycles. The highest BCUT2D eigenvalue weighted by atomic mass is 32.2. The van der Waals surface area contributed by atoms with Crippen LogP contribution in [0.5, 0.6) is 0 Å². The zero-order chi connectivity index (χ0) is 28.3. The Morgan fingerprint density at radius 2 is 1.80 bits per heavy atom. The number of rotatable bonds is 8. The number of pyridine rings is 2. The average molecular weight is 584 g/mol. The Labute approximate surface area is 240 Å². The molecule has 0 fully saturated rings. The minimum Gasteiger partial charge on any atom is -0.310 e. The molecule has 0 aliphatic rings. The Balaban J connectivity index is 1.33. The number of aromatic nitrogens is 5. The van der Waals surface area contributed by atoms with E-state index in [9.17, 15) is 14.0 Å². The second-order valence-electron chi connectivity index (χ2n) is 9.08. The number of aryl methyl sites for hydroxylation is 2. The van der Waals surface area contributed by atoms with Crippen molar-refractivity contribution < 1.29 is 9.18 Å². The van der Waals surface area contributed by atoms with Gasteiger partial charge in [-0.25, -0.2) is 9.37 Å². The Hall–Kier alpha value is -4.68. The summed E-state index contributed by atoms with van der Waals surface area (Å²) in [6.45, 7) is 0.339. The molecule has 6 rings (SSSR count). The van der Waals surface area contributed by atoms with Crippen molar-refractivity contribution in [3.05, 3.63) is 123 Å². The highest BCUT2D eigenvalue weighted by molar-refractivity contribution is 8.00. The summed E-state index contributed by atoms with van der Waals surface area (Å²) in [7, 11) is 0. The maximum absolute atomic E-state index is 14.0. The van der Waals surface area contributed by atoms with Crippen molar-refractivity contribution in [1.29, 1.82) is 5.41 Å². The van der Waals surface area contributed by atoms with Gasteiger partial charge in [0.2, 0.25) is 5.13 Å². The predicted octanol–water partition coefficient (Wildman–Crippen LogP) is 4.91. The van der Waals surface area contributed by atoms with E-state index < -0.39 is 5.91 Å². The van der Waals surface area contributed by atoms with Crippen molar-refractivity contribution in [3.63, 3.8) is 0 Å². The van der Waals surface area contributed by atoms with Gasteiger partial charge in [0.15, 0.2) is 4.34 Å². The van der Waals surface area contributed by atoms with E-state index in [0.717, 1.165) is 16.9 Å². The summed E-state index contributed by atoms with van der Waals surface area (Å²) in [5.41, 5.74) is 1.98. The van der Waals surface area contributed by atoms with Crippen LogP contribution in [-0.2, 0) is 18.7 Å². The molecular weight excluding hydrogens is 561 g/mol. The molecule has 9 nitrogen and oxygen atoms in total. The maximum atomic E-state index is 14.0. The minimum absolute atomic E-state index is 0.0103. The molecule has 0 unspecified atom stereocenters. The van der Waals surface area contributed by atoms with Crippen LogP contribution in [0.3, 0.4) is 0 Å². The molecule has 41 heavy (non-hydrogen) atoms. The second-order valence-corrected chi connectivity index (χ2v) is 11.3. The Morgan fingerprint density at radius 3 is 2.63 bits per heavy atom. The molecule has 204 valence electrons. The lowest BCUT2D eigenvalue weighted by Crippen LogP contribution is -2.32. The number of thioether (sulfide) groups is 1. The zero-order valence-corrected chi connectivity index (χ0v) is 23.1. The van der Waals surface area contributed by atoms with Crippen LogP contribution in [-0.4, -0.2) is 30.1 Å². The molecule has 1 amide bonds. The molecular formula is C29H22FN7O2S2. The van der Waals surface area contributed by atoms with Gasteiger partial charge in [0, 0.05) is 18.5 Å². The van der Waals surface area contributed by atoms with Gasteiger partial charge in [0.1, 0.15) is 22.6 Å². The van der Waals surface area contributed by atoms with E-state index in [4.69, 9.17) is 5.41 Å². The highest BCUT2D eigenvalue weighted by Crippen LogP contribution is 2.29. The maximum Gasteiger partial charge on any atom is 0.267 e. The van der Waals surface area contributed by atoms with Gasteiger partial charge in [0.25, 0.3) is 11.5 Å². The van der Waals surface area contributed by atoms with Crippen molar-refractivity contribution >= 4 is 50.8 Å². The van der Waals surface area contributed by atoms with Crippen LogP contribution in [0, 0.1) is 11.2 Å². The van der Waals surface area contributed by atoms with Gasteiger partial charge >= 0.3 is 0 Å². The van der Waals surface area contributed by atoms with E-state index in [0.29, 0.717) is 39.9 Å². The van der Waals surface area contributed by atoms with Gasteiger partial charge in [0.05, 0.1) is 10.9 Å². The summed E-state index contributed by atoms with van der Waals surface area (Å²) in [5, 5.41) is 20.2. The Morgan fingerprint density at radius 1 is 1.02 bits per heavy atom. The van der Waals surface area contributed by atoms with E-state index >= 15 is 0 Å². The van der Waals surface area contributed by atoms with Crippen LogP contribution in [0.15, 0.2) is 94.2 Å². The molecule has 0 saturated carbocycles. The normalized spacial score (nSPS) is 11.2. The van der Waals surface area contributed by atoms with Crippen molar-refractivity contribution in [2.75, 3.05) is 5.32 Å². The van der Waals surface area contributed by atoms with Gasteiger partial charge in [-0.3, -0.25) is 24.7 Å². The first-order valence-electron chi connectivity index (χ1n) is 12.6. The SMILES string of the molecule is N=c1c(C(=O)Nc2nnc(SCc3ccccc3F)s2)cc2c(=O)n3ccccc3nc2n1CCc1ccccc1. The number of nitrogens with zero attached hydrogens (tertiary/aromatic N) is 5. The molecule has 0 spiro atoms. The standard InChI is InChI=1S/C29H22FN7O2S2/c30-22-11-5-4-10-19(22)17-40-29-35-34-28(41-29)33-26(38)20-16-21-25(32-23-12-6-7-14-36(23)27(21)39)37(24(20)31)15-13-18-8-2-1-3-9-18/h1-12,14,16,31H,13,15,17H2,(H,33,34,38). The fourth-order valence-electron chi connectivity index (χ4n) is 4.40. The molecule has 2 aromatic carbocycles. The van der Waals surface area contributed by atoms with E-state index in [2.05, 4.69) is 20.5 Å². The molecule has 0 radical (unpaired) electrons. The number of halogens is 1. The van der Waals surface area contributed by atoms with E-state index in [1.807, 2.05) is 30.3 Å². The highest BCUT2D eigenvalue weighted by Gasteiger charge is 2.19. The fourth-order valence-corrected chi connectivity index (χ4v) is 6.13. The Bertz CT molecular complexity index is 2020. The molecule has 6 aromatic rings. The van der Waals surface area contributed by atoms with Crippen LogP contribution in [0.1, 0.15) is 21.5 Å². The predicted molar refractivity (Wildman–Crippen MR) is 157 cm³/mol. The van der Waals surface area contributed by atoms with Gasteiger partial charge in [-0.05, 0) is 41.8 Å². The molecule has 0 bridgehead atoms. The largest absolute Gasteiger partial charge is 0.310 e. The third-order valence-corrected chi connectivity index (χ3v) is 8.49. The quantitative estimate of drug-likeness (QED) is 0.149. The first kappa shape index (κ1) is 26.5. The lowest BCUT2D eigenvalue weighted by Gasteiger charge is -2.14. The van der Waals surface area contributed by atoms with Crippen LogP contribution in [0.4, 0.5) is 9.52 Å². The third-order valence-electron chi connectivity index (χ3n) is 6.47. The molecule has 0 atom stereocenters. The number of hydrogen-bond acceptors (Lipinski definition) is 8. The zero-order valence-electron chi connectivity index (χ0n) is 21.5. The Kier molecular flexibility index (Phi) is 7.40. The number of fused-ring (bicyclic) bond motifs is 2. The summed E-state index contributed by atoms with van der Waals surface area (Å²) in [6, 6.07) is 22.9. The number of hydrogen-bond donors (Lipinski definition) is 2. The monoisotopic (exact) mass is 583 g/mol. The van der Waals surface area contributed by atoms with Crippen LogP contribution >= 0.6 is 23.1 Å². The number of nitrogens with one attached hydrogen (secondary N) is 2. The number of anilines is 1. The molecule has 2 N–H and O–H groups in total. The van der Waals surface area contributed by atoms with Gasteiger partial charge in [-0.15, -0.1) is 10.2 Å². The summed E-state index contributed by atoms with van der Waals surface area (Å²) < 4.78 is 17.5. The first-order chi connectivity index (χ1) is 20.0. The molecule has 4 aromatic heterocycles. The van der Waals surface area contributed by atoms with Gasteiger partial charge in [-0.2, -0.15) is 0 Å². The van der Waals surface area contributed by atoms with Gasteiger partial charge < -0.3 is 4.57 Å². The van der Waals surface area contributed by atoms with Crippen molar-refractivity contribution in [1.82, 2.24) is 24.1 Å². The number of carbonyl (C=O) groups is 1. The smallest absolute Gasteiger partial charge is 0.267 e. The number of amides is 1. The van der Waals surface area contributed by atoms with Crippen LogP contribution in [0.2, 0.25) is 0 Å². The first-order valence-corrected chi connectivity index (χ1v) is 14.4. The summed E-state index contributed by atoms with van der Waals surface area (Å²) >= 11 is 2.45. The number of benzene rings is 2. The summed E-state index contributed by atoms with van der Waals surface area (Å²) in [5.74, 6) is -0.524. The van der Waals surface area contributed by atoms with Crippen molar-refractivity contribution in [2.24, 2.45) is 0 Å². The summed E-state index contributed by atoms with van der Waals surface area (Å²) in [4.78, 5) is 31.5. The topological polar surface area (TPSA) is 118 Å². The third kappa shape index (κ3) is 5.52. The molecule has 4 heterocycles. The minimum atomic E-state index is -0.593. The van der Waals surface area contributed by atoms with Crippen molar-refractivity contribution in [2.45, 2.75) is 23.1 Å². The van der Waals surface area contributed by atoms with E-state index in [-0.39, 0.29) is 32.9 Å². The second kappa shape index (κ2) is 11.4.